The summed E-state index contributed by atoms with van der Waals surface area (Å²) < 4.78 is 5.28. The Morgan fingerprint density at radius 3 is 2.94 bits per heavy atom. The lowest BCUT2D eigenvalue weighted by molar-refractivity contribution is -0.140. The molecule has 0 aromatic carbocycles. The highest BCUT2D eigenvalue weighted by Gasteiger charge is 2.47. The molecule has 2 saturated heterocycles. The van der Waals surface area contributed by atoms with Crippen LogP contribution in [-0.2, 0) is 9.53 Å². The summed E-state index contributed by atoms with van der Waals surface area (Å²) in [4.78, 5) is 14.1. The van der Waals surface area contributed by atoms with Crippen molar-refractivity contribution >= 4 is 5.91 Å². The summed E-state index contributed by atoms with van der Waals surface area (Å²) in [7, 11) is 0. The Labute approximate surface area is 95.5 Å². The van der Waals surface area contributed by atoms with Gasteiger partial charge in [0.05, 0.1) is 18.6 Å². The Morgan fingerprint density at radius 1 is 1.69 bits per heavy atom. The molecule has 0 bridgehead atoms. The van der Waals surface area contributed by atoms with E-state index in [0.29, 0.717) is 19.8 Å². The molecule has 0 saturated carbocycles. The van der Waals surface area contributed by atoms with Crippen molar-refractivity contribution in [3.8, 4) is 0 Å². The van der Waals surface area contributed by atoms with Gasteiger partial charge in [-0.2, -0.15) is 0 Å². The van der Waals surface area contributed by atoms with Crippen LogP contribution in [0.1, 0.15) is 13.3 Å². The van der Waals surface area contributed by atoms with E-state index in [0.717, 1.165) is 13.0 Å². The van der Waals surface area contributed by atoms with Gasteiger partial charge in [-0.15, -0.1) is 0 Å². The third-order valence-corrected chi connectivity index (χ3v) is 3.84. The standard InChI is InChI=1S/C11H20N2O3/c1-11(7-16-6-9(11)12)10(15)13-3-2-8(4-13)5-14/h8-9,14H,2-7,12H2,1H3. The van der Waals surface area contributed by atoms with Crippen LogP contribution in [-0.4, -0.2) is 54.9 Å². The Morgan fingerprint density at radius 2 is 2.44 bits per heavy atom. The second kappa shape index (κ2) is 4.31. The molecule has 5 heteroatoms. The van der Waals surface area contributed by atoms with Crippen molar-refractivity contribution in [1.82, 2.24) is 4.90 Å². The summed E-state index contributed by atoms with van der Waals surface area (Å²) >= 11 is 0. The topological polar surface area (TPSA) is 75.8 Å². The number of hydrogen-bond acceptors (Lipinski definition) is 4. The van der Waals surface area contributed by atoms with Gasteiger partial charge in [0.1, 0.15) is 0 Å². The molecule has 16 heavy (non-hydrogen) atoms. The molecule has 0 radical (unpaired) electrons. The first-order valence-corrected chi connectivity index (χ1v) is 5.81. The lowest BCUT2D eigenvalue weighted by Gasteiger charge is -2.30. The molecular weight excluding hydrogens is 208 g/mol. The molecule has 3 unspecified atom stereocenters. The van der Waals surface area contributed by atoms with E-state index >= 15 is 0 Å². The van der Waals surface area contributed by atoms with Crippen molar-refractivity contribution < 1.29 is 14.6 Å². The van der Waals surface area contributed by atoms with Crippen LogP contribution in [0.15, 0.2) is 0 Å². The highest BCUT2D eigenvalue weighted by atomic mass is 16.5. The van der Waals surface area contributed by atoms with Crippen molar-refractivity contribution in [1.29, 1.82) is 0 Å². The Bertz CT molecular complexity index is 284. The number of aliphatic hydroxyl groups is 1. The van der Waals surface area contributed by atoms with E-state index in [1.807, 2.05) is 11.8 Å². The van der Waals surface area contributed by atoms with Gasteiger partial charge >= 0.3 is 0 Å². The van der Waals surface area contributed by atoms with Gasteiger partial charge in [-0.05, 0) is 13.3 Å². The van der Waals surface area contributed by atoms with E-state index in [-0.39, 0.29) is 24.5 Å². The first-order valence-electron chi connectivity index (χ1n) is 5.81. The molecule has 2 heterocycles. The highest BCUT2D eigenvalue weighted by Crippen LogP contribution is 2.31. The zero-order valence-electron chi connectivity index (χ0n) is 9.69. The maximum absolute atomic E-state index is 12.3. The molecule has 3 atom stereocenters. The minimum atomic E-state index is -0.579. The van der Waals surface area contributed by atoms with Gasteiger partial charge in [0.15, 0.2) is 0 Å². The van der Waals surface area contributed by atoms with Gasteiger partial charge in [-0.25, -0.2) is 0 Å². The third-order valence-electron chi connectivity index (χ3n) is 3.84. The zero-order valence-corrected chi connectivity index (χ0v) is 9.69. The van der Waals surface area contributed by atoms with Gasteiger partial charge in [0.2, 0.25) is 5.91 Å². The number of likely N-dealkylation sites (tertiary alicyclic amines) is 1. The molecule has 3 N–H and O–H groups in total. The predicted octanol–water partition coefficient (Wildman–Crippen LogP) is -0.809. The number of carbonyl (C=O) groups excluding carboxylic acids is 1. The van der Waals surface area contributed by atoms with E-state index in [2.05, 4.69) is 0 Å². The Kier molecular flexibility index (Phi) is 3.19. The van der Waals surface area contributed by atoms with E-state index in [4.69, 9.17) is 15.6 Å². The van der Waals surface area contributed by atoms with Gasteiger partial charge in [0, 0.05) is 31.7 Å². The average molecular weight is 228 g/mol. The number of rotatable bonds is 2. The van der Waals surface area contributed by atoms with Crippen LogP contribution in [0.5, 0.6) is 0 Å². The summed E-state index contributed by atoms with van der Waals surface area (Å²) in [5, 5.41) is 9.06. The largest absolute Gasteiger partial charge is 0.396 e. The smallest absolute Gasteiger partial charge is 0.232 e. The summed E-state index contributed by atoms with van der Waals surface area (Å²) in [6.07, 6.45) is 0.883. The number of nitrogens with zero attached hydrogens (tertiary/aromatic N) is 1. The second-order valence-corrected chi connectivity index (χ2v) is 5.13. The van der Waals surface area contributed by atoms with E-state index in [9.17, 15) is 4.79 Å². The molecular formula is C11H20N2O3. The fraction of sp³-hybridized carbons (Fsp3) is 0.909. The normalized spacial score (nSPS) is 39.3. The van der Waals surface area contributed by atoms with Crippen LogP contribution in [0.25, 0.3) is 0 Å². The third kappa shape index (κ3) is 1.83. The monoisotopic (exact) mass is 228 g/mol. The number of ether oxygens (including phenoxy) is 1. The average Bonchev–Trinajstić information content (AvgIpc) is 2.86. The SMILES string of the molecule is CC1(C(=O)N2CCC(CO)C2)COCC1N. The van der Waals surface area contributed by atoms with Crippen LogP contribution in [0.3, 0.4) is 0 Å². The quantitative estimate of drug-likeness (QED) is 0.648. The predicted molar refractivity (Wildman–Crippen MR) is 58.7 cm³/mol. The van der Waals surface area contributed by atoms with Crippen LogP contribution in [0.4, 0.5) is 0 Å². The van der Waals surface area contributed by atoms with Gasteiger partial charge in [0.25, 0.3) is 0 Å². The first-order chi connectivity index (χ1) is 7.58. The molecule has 92 valence electrons. The van der Waals surface area contributed by atoms with Crippen LogP contribution in [0.2, 0.25) is 0 Å². The van der Waals surface area contributed by atoms with Gasteiger partial charge < -0.3 is 20.5 Å². The number of aliphatic hydroxyl groups excluding tert-OH is 1. The highest BCUT2D eigenvalue weighted by molar-refractivity contribution is 5.84. The fourth-order valence-corrected chi connectivity index (χ4v) is 2.44. The maximum Gasteiger partial charge on any atom is 0.232 e. The molecule has 1 amide bonds. The van der Waals surface area contributed by atoms with Crippen molar-refractivity contribution in [2.75, 3.05) is 32.9 Å². The zero-order chi connectivity index (χ0) is 11.8. The lowest BCUT2D eigenvalue weighted by atomic mass is 9.84. The molecule has 2 rings (SSSR count). The number of carbonyl (C=O) groups is 1. The minimum absolute atomic E-state index is 0.0773. The number of hydrogen-bond donors (Lipinski definition) is 2. The van der Waals surface area contributed by atoms with Crippen molar-refractivity contribution in [2.45, 2.75) is 19.4 Å². The molecule has 2 aliphatic heterocycles. The first kappa shape index (κ1) is 11.8. The summed E-state index contributed by atoms with van der Waals surface area (Å²) in [5.74, 6) is 0.305. The van der Waals surface area contributed by atoms with E-state index in [1.54, 1.807) is 0 Å². The van der Waals surface area contributed by atoms with Crippen LogP contribution in [0, 0.1) is 11.3 Å². The van der Waals surface area contributed by atoms with Crippen molar-refractivity contribution in [2.24, 2.45) is 17.1 Å². The molecule has 5 nitrogen and oxygen atoms in total. The second-order valence-electron chi connectivity index (χ2n) is 5.13. The molecule has 2 aliphatic rings. The van der Waals surface area contributed by atoms with Crippen LogP contribution < -0.4 is 5.73 Å². The summed E-state index contributed by atoms with van der Waals surface area (Å²) in [6.45, 7) is 4.28. The van der Waals surface area contributed by atoms with Gasteiger partial charge in [-0.3, -0.25) is 4.79 Å². The molecule has 0 spiro atoms. The minimum Gasteiger partial charge on any atom is -0.396 e. The molecule has 0 aliphatic carbocycles. The maximum atomic E-state index is 12.3. The van der Waals surface area contributed by atoms with E-state index < -0.39 is 5.41 Å². The molecule has 0 aromatic rings. The summed E-state index contributed by atoms with van der Waals surface area (Å²) in [5.41, 5.74) is 5.35. The van der Waals surface area contributed by atoms with Crippen LogP contribution >= 0.6 is 0 Å². The number of amides is 1. The summed E-state index contributed by atoms with van der Waals surface area (Å²) in [6, 6.07) is -0.215. The van der Waals surface area contributed by atoms with Crippen molar-refractivity contribution in [3.05, 3.63) is 0 Å². The van der Waals surface area contributed by atoms with Gasteiger partial charge in [-0.1, -0.05) is 0 Å². The fourth-order valence-electron chi connectivity index (χ4n) is 2.44. The molecule has 2 fully saturated rings. The Hall–Kier alpha value is -0.650. The number of nitrogens with two attached hydrogens (primary N) is 1. The Balaban J connectivity index is 2.02. The van der Waals surface area contributed by atoms with Crippen molar-refractivity contribution in [3.63, 3.8) is 0 Å². The van der Waals surface area contributed by atoms with E-state index in [1.165, 1.54) is 0 Å². The molecule has 0 aromatic heterocycles. The lowest BCUT2D eigenvalue weighted by Crippen LogP contribution is -2.51.